The molecular formula is C15H21NO2. The molecule has 1 fully saturated rings. The lowest BCUT2D eigenvalue weighted by Gasteiger charge is -2.19. The molecule has 0 heterocycles. The molecule has 0 aromatic heterocycles. The summed E-state index contributed by atoms with van der Waals surface area (Å²) in [5, 5.41) is 3.20. The number of hydrogen-bond acceptors (Lipinski definition) is 3. The van der Waals surface area contributed by atoms with E-state index in [1.165, 1.54) is 0 Å². The van der Waals surface area contributed by atoms with Crippen molar-refractivity contribution < 1.29 is 9.53 Å². The molecule has 18 heavy (non-hydrogen) atoms. The molecule has 0 radical (unpaired) electrons. The number of carbonyl (C=O) groups is 1. The Balaban J connectivity index is 1.96. The standard InChI is InChI=1S/C15H21NO2/c1-15(2,3)16-10-14(17)11-5-4-6-13(9-11)18-12-7-8-12/h4-6,9,12,16H,7-8,10H2,1-3H3. The van der Waals surface area contributed by atoms with E-state index in [4.69, 9.17) is 4.74 Å². The van der Waals surface area contributed by atoms with Crippen LogP contribution in [0.5, 0.6) is 5.75 Å². The van der Waals surface area contributed by atoms with Crippen molar-refractivity contribution in [3.63, 3.8) is 0 Å². The van der Waals surface area contributed by atoms with Crippen molar-refractivity contribution in [3.05, 3.63) is 29.8 Å². The lowest BCUT2D eigenvalue weighted by atomic mass is 10.1. The summed E-state index contributed by atoms with van der Waals surface area (Å²) >= 11 is 0. The van der Waals surface area contributed by atoms with Crippen molar-refractivity contribution >= 4 is 5.78 Å². The van der Waals surface area contributed by atoms with Gasteiger partial charge in [0.15, 0.2) is 5.78 Å². The first-order valence-electron chi connectivity index (χ1n) is 6.49. The van der Waals surface area contributed by atoms with E-state index in [2.05, 4.69) is 5.32 Å². The summed E-state index contributed by atoms with van der Waals surface area (Å²) in [7, 11) is 0. The van der Waals surface area contributed by atoms with Crippen LogP contribution in [-0.4, -0.2) is 24.0 Å². The molecule has 1 aliphatic carbocycles. The first kappa shape index (κ1) is 13.1. The van der Waals surface area contributed by atoms with Crippen LogP contribution < -0.4 is 10.1 Å². The minimum atomic E-state index is -0.0439. The van der Waals surface area contributed by atoms with Crippen LogP contribution in [0.15, 0.2) is 24.3 Å². The molecule has 0 amide bonds. The van der Waals surface area contributed by atoms with Crippen LogP contribution in [0.3, 0.4) is 0 Å². The second kappa shape index (κ2) is 5.11. The number of nitrogens with one attached hydrogen (secondary N) is 1. The van der Waals surface area contributed by atoms with Gasteiger partial charge in [0.2, 0.25) is 0 Å². The minimum Gasteiger partial charge on any atom is -0.490 e. The summed E-state index contributed by atoms with van der Waals surface area (Å²) in [4.78, 5) is 12.0. The molecule has 1 N–H and O–H groups in total. The van der Waals surface area contributed by atoms with Crippen molar-refractivity contribution in [2.24, 2.45) is 0 Å². The van der Waals surface area contributed by atoms with Gasteiger partial charge >= 0.3 is 0 Å². The van der Waals surface area contributed by atoms with Crippen LogP contribution in [0.4, 0.5) is 0 Å². The molecule has 98 valence electrons. The van der Waals surface area contributed by atoms with E-state index in [0.717, 1.165) is 18.6 Å². The van der Waals surface area contributed by atoms with E-state index < -0.39 is 0 Å². The average molecular weight is 247 g/mol. The number of benzene rings is 1. The minimum absolute atomic E-state index is 0.0439. The second-order valence-corrected chi connectivity index (χ2v) is 5.87. The van der Waals surface area contributed by atoms with Crippen LogP contribution in [0.25, 0.3) is 0 Å². The molecule has 0 saturated heterocycles. The molecule has 1 aromatic rings. The molecule has 1 aliphatic rings. The van der Waals surface area contributed by atoms with E-state index >= 15 is 0 Å². The maximum absolute atomic E-state index is 12.0. The number of carbonyl (C=O) groups excluding carboxylic acids is 1. The third-order valence-corrected chi connectivity index (χ3v) is 2.76. The van der Waals surface area contributed by atoms with Gasteiger partial charge in [-0.2, -0.15) is 0 Å². The third-order valence-electron chi connectivity index (χ3n) is 2.76. The Hall–Kier alpha value is -1.35. The van der Waals surface area contributed by atoms with E-state index in [1.807, 2.05) is 45.0 Å². The monoisotopic (exact) mass is 247 g/mol. The Kier molecular flexibility index (Phi) is 3.71. The Labute approximate surface area is 109 Å². The third kappa shape index (κ3) is 4.15. The first-order chi connectivity index (χ1) is 8.44. The van der Waals surface area contributed by atoms with Gasteiger partial charge in [-0.1, -0.05) is 12.1 Å². The Bertz CT molecular complexity index is 430. The molecule has 0 unspecified atom stereocenters. The van der Waals surface area contributed by atoms with E-state index in [-0.39, 0.29) is 11.3 Å². The van der Waals surface area contributed by atoms with Crippen molar-refractivity contribution in [1.82, 2.24) is 5.32 Å². The zero-order valence-corrected chi connectivity index (χ0v) is 11.3. The summed E-state index contributed by atoms with van der Waals surface area (Å²) in [6, 6.07) is 7.46. The second-order valence-electron chi connectivity index (χ2n) is 5.87. The van der Waals surface area contributed by atoms with E-state index in [1.54, 1.807) is 0 Å². The molecule has 0 aliphatic heterocycles. The lowest BCUT2D eigenvalue weighted by molar-refractivity contribution is 0.0981. The highest BCUT2D eigenvalue weighted by atomic mass is 16.5. The highest BCUT2D eigenvalue weighted by Crippen LogP contribution is 2.27. The zero-order chi connectivity index (χ0) is 13.2. The van der Waals surface area contributed by atoms with Gasteiger partial charge in [0.25, 0.3) is 0 Å². The Morgan fingerprint density at radius 2 is 2.11 bits per heavy atom. The van der Waals surface area contributed by atoms with Gasteiger partial charge in [-0.15, -0.1) is 0 Å². The topological polar surface area (TPSA) is 38.3 Å². The number of hydrogen-bond donors (Lipinski definition) is 1. The summed E-state index contributed by atoms with van der Waals surface area (Å²) in [5.41, 5.74) is 0.669. The molecule has 0 atom stereocenters. The molecule has 0 spiro atoms. The van der Waals surface area contributed by atoms with Crippen LogP contribution in [0, 0.1) is 0 Å². The van der Waals surface area contributed by atoms with Crippen molar-refractivity contribution in [2.75, 3.05) is 6.54 Å². The fourth-order valence-electron chi connectivity index (χ4n) is 1.57. The van der Waals surface area contributed by atoms with Gasteiger partial charge in [-0.3, -0.25) is 4.79 Å². The van der Waals surface area contributed by atoms with Crippen molar-refractivity contribution in [1.29, 1.82) is 0 Å². The number of ketones is 1. The number of rotatable bonds is 5. The van der Waals surface area contributed by atoms with Gasteiger partial charge in [-0.05, 0) is 45.7 Å². The van der Waals surface area contributed by atoms with Gasteiger partial charge in [0.05, 0.1) is 12.6 Å². The van der Waals surface area contributed by atoms with Gasteiger partial charge < -0.3 is 10.1 Å². The maximum Gasteiger partial charge on any atom is 0.176 e. The molecule has 2 rings (SSSR count). The largest absolute Gasteiger partial charge is 0.490 e. The quantitative estimate of drug-likeness (QED) is 0.813. The van der Waals surface area contributed by atoms with Crippen LogP contribution in [-0.2, 0) is 0 Å². The highest BCUT2D eigenvalue weighted by molar-refractivity contribution is 5.98. The van der Waals surface area contributed by atoms with Gasteiger partial charge in [-0.25, -0.2) is 0 Å². The van der Waals surface area contributed by atoms with Crippen molar-refractivity contribution in [3.8, 4) is 5.75 Å². The predicted molar refractivity (Wildman–Crippen MR) is 72.2 cm³/mol. The van der Waals surface area contributed by atoms with Crippen LogP contribution in [0.2, 0.25) is 0 Å². The molecule has 1 saturated carbocycles. The summed E-state index contributed by atoms with van der Waals surface area (Å²) < 4.78 is 5.69. The number of ether oxygens (including phenoxy) is 1. The predicted octanol–water partition coefficient (Wildman–Crippen LogP) is 2.80. The average Bonchev–Trinajstić information content (AvgIpc) is 3.09. The Morgan fingerprint density at radius 3 is 2.72 bits per heavy atom. The number of Topliss-reactive ketones (excluding diaryl/α,β-unsaturated/α-hetero) is 1. The van der Waals surface area contributed by atoms with Crippen LogP contribution >= 0.6 is 0 Å². The van der Waals surface area contributed by atoms with Crippen molar-refractivity contribution in [2.45, 2.75) is 45.3 Å². The molecular weight excluding hydrogens is 226 g/mol. The summed E-state index contributed by atoms with van der Waals surface area (Å²) in [5.74, 6) is 0.908. The Morgan fingerprint density at radius 1 is 1.39 bits per heavy atom. The lowest BCUT2D eigenvalue weighted by Crippen LogP contribution is -2.39. The van der Waals surface area contributed by atoms with Crippen LogP contribution in [0.1, 0.15) is 44.0 Å². The first-order valence-corrected chi connectivity index (χ1v) is 6.49. The SMILES string of the molecule is CC(C)(C)NCC(=O)c1cccc(OC2CC2)c1. The highest BCUT2D eigenvalue weighted by Gasteiger charge is 2.23. The summed E-state index contributed by atoms with van der Waals surface area (Å²) in [6.45, 7) is 6.50. The summed E-state index contributed by atoms with van der Waals surface area (Å²) in [6.07, 6.45) is 2.62. The fourth-order valence-corrected chi connectivity index (χ4v) is 1.57. The zero-order valence-electron chi connectivity index (χ0n) is 11.3. The fraction of sp³-hybridized carbons (Fsp3) is 0.533. The van der Waals surface area contributed by atoms with Gasteiger partial charge in [0, 0.05) is 11.1 Å². The smallest absolute Gasteiger partial charge is 0.176 e. The maximum atomic E-state index is 12.0. The van der Waals surface area contributed by atoms with E-state index in [9.17, 15) is 4.79 Å². The molecule has 0 bridgehead atoms. The van der Waals surface area contributed by atoms with E-state index in [0.29, 0.717) is 18.2 Å². The molecule has 3 heteroatoms. The molecule has 3 nitrogen and oxygen atoms in total. The normalized spacial score (nSPS) is 15.5. The van der Waals surface area contributed by atoms with Gasteiger partial charge in [0.1, 0.15) is 5.75 Å². The molecule has 1 aromatic carbocycles.